The SMILES string of the molecule is CN(CC1CCCN(Cc2ccccc2)C1)S(=O)(=O)c1ccc2ccccc2c1. The first-order valence-corrected chi connectivity index (χ1v) is 11.7. The van der Waals surface area contributed by atoms with E-state index in [2.05, 4.69) is 29.2 Å². The molecule has 5 heteroatoms. The molecule has 0 spiro atoms. The lowest BCUT2D eigenvalue weighted by Gasteiger charge is -2.34. The molecule has 1 fully saturated rings. The van der Waals surface area contributed by atoms with E-state index < -0.39 is 10.0 Å². The molecule has 1 heterocycles. The summed E-state index contributed by atoms with van der Waals surface area (Å²) in [4.78, 5) is 2.82. The van der Waals surface area contributed by atoms with Crippen molar-refractivity contribution < 1.29 is 8.42 Å². The molecule has 1 aliphatic heterocycles. The van der Waals surface area contributed by atoms with Crippen LogP contribution in [0.5, 0.6) is 0 Å². The second-order valence-electron chi connectivity index (χ2n) is 8.02. The average Bonchev–Trinajstić information content (AvgIpc) is 2.74. The summed E-state index contributed by atoms with van der Waals surface area (Å²) in [7, 11) is -1.78. The largest absolute Gasteiger partial charge is 0.299 e. The van der Waals surface area contributed by atoms with Gasteiger partial charge < -0.3 is 0 Å². The molecule has 0 bridgehead atoms. The molecule has 0 aliphatic carbocycles. The number of likely N-dealkylation sites (tertiary alicyclic amines) is 1. The summed E-state index contributed by atoms with van der Waals surface area (Å²) >= 11 is 0. The van der Waals surface area contributed by atoms with Crippen LogP contribution in [0, 0.1) is 5.92 Å². The molecular formula is C24H28N2O2S. The summed E-state index contributed by atoms with van der Waals surface area (Å²) in [6.07, 6.45) is 2.18. The van der Waals surface area contributed by atoms with Crippen LogP contribution in [-0.4, -0.2) is 44.3 Å². The molecule has 1 atom stereocenters. The minimum absolute atomic E-state index is 0.354. The molecule has 0 saturated carbocycles. The molecular weight excluding hydrogens is 380 g/mol. The molecule has 4 nitrogen and oxygen atoms in total. The van der Waals surface area contributed by atoms with Gasteiger partial charge in [-0.25, -0.2) is 12.7 Å². The fraction of sp³-hybridized carbons (Fsp3) is 0.333. The van der Waals surface area contributed by atoms with Crippen LogP contribution in [0.4, 0.5) is 0 Å². The maximum absolute atomic E-state index is 13.1. The molecule has 152 valence electrons. The molecule has 1 unspecified atom stereocenters. The number of fused-ring (bicyclic) bond motifs is 1. The standard InChI is InChI=1S/C24H28N2O2S/c1-25(29(27,28)24-14-13-22-11-5-6-12-23(22)16-24)17-21-10-7-15-26(19-21)18-20-8-3-2-4-9-20/h2-6,8-9,11-14,16,21H,7,10,15,17-19H2,1H3. The molecule has 3 aromatic carbocycles. The third kappa shape index (κ3) is 4.69. The Morgan fingerprint density at radius 1 is 0.966 bits per heavy atom. The van der Waals surface area contributed by atoms with E-state index in [4.69, 9.17) is 0 Å². The first-order chi connectivity index (χ1) is 14.0. The summed E-state index contributed by atoms with van der Waals surface area (Å²) in [5, 5.41) is 2.01. The van der Waals surface area contributed by atoms with Crippen LogP contribution >= 0.6 is 0 Å². The first kappa shape index (κ1) is 20.1. The van der Waals surface area contributed by atoms with E-state index >= 15 is 0 Å². The fourth-order valence-corrected chi connectivity index (χ4v) is 5.54. The Kier molecular flexibility index (Phi) is 5.99. The monoisotopic (exact) mass is 408 g/mol. The van der Waals surface area contributed by atoms with Gasteiger partial charge in [-0.2, -0.15) is 0 Å². The van der Waals surface area contributed by atoms with Crippen molar-refractivity contribution in [1.82, 2.24) is 9.21 Å². The Bertz CT molecular complexity index is 1070. The molecule has 3 aromatic rings. The number of benzene rings is 3. The number of hydrogen-bond donors (Lipinski definition) is 0. The first-order valence-electron chi connectivity index (χ1n) is 10.2. The third-order valence-corrected chi connectivity index (χ3v) is 7.62. The van der Waals surface area contributed by atoms with E-state index in [0.29, 0.717) is 17.4 Å². The number of nitrogens with zero attached hydrogens (tertiary/aromatic N) is 2. The van der Waals surface area contributed by atoms with Crippen LogP contribution in [0.25, 0.3) is 10.8 Å². The Hall–Kier alpha value is -2.21. The van der Waals surface area contributed by atoms with Gasteiger partial charge in [0.25, 0.3) is 0 Å². The summed E-state index contributed by atoms with van der Waals surface area (Å²) in [6, 6.07) is 23.7. The van der Waals surface area contributed by atoms with Crippen LogP contribution in [0.2, 0.25) is 0 Å². The van der Waals surface area contributed by atoms with Crippen molar-refractivity contribution in [2.75, 3.05) is 26.7 Å². The van der Waals surface area contributed by atoms with E-state index in [-0.39, 0.29) is 0 Å². The maximum Gasteiger partial charge on any atom is 0.242 e. The highest BCUT2D eigenvalue weighted by Gasteiger charge is 2.27. The lowest BCUT2D eigenvalue weighted by atomic mass is 9.97. The van der Waals surface area contributed by atoms with Gasteiger partial charge in [-0.3, -0.25) is 4.90 Å². The number of sulfonamides is 1. The van der Waals surface area contributed by atoms with Crippen LogP contribution in [0.15, 0.2) is 77.7 Å². The van der Waals surface area contributed by atoms with Crippen LogP contribution < -0.4 is 0 Å². The molecule has 4 rings (SSSR count). The van der Waals surface area contributed by atoms with Crippen LogP contribution in [0.1, 0.15) is 18.4 Å². The predicted molar refractivity (Wildman–Crippen MR) is 118 cm³/mol. The zero-order chi connectivity index (χ0) is 20.3. The smallest absolute Gasteiger partial charge is 0.242 e. The van der Waals surface area contributed by atoms with Crippen molar-refractivity contribution in [2.45, 2.75) is 24.3 Å². The number of hydrogen-bond acceptors (Lipinski definition) is 3. The van der Waals surface area contributed by atoms with E-state index in [1.807, 2.05) is 36.4 Å². The van der Waals surface area contributed by atoms with Crippen molar-refractivity contribution in [3.63, 3.8) is 0 Å². The minimum atomic E-state index is -3.49. The highest BCUT2D eigenvalue weighted by molar-refractivity contribution is 7.89. The quantitative estimate of drug-likeness (QED) is 0.608. The summed E-state index contributed by atoms with van der Waals surface area (Å²) in [5.41, 5.74) is 1.31. The zero-order valence-corrected chi connectivity index (χ0v) is 17.7. The predicted octanol–water partition coefficient (Wildman–Crippen LogP) is 4.37. The van der Waals surface area contributed by atoms with E-state index in [1.165, 1.54) is 9.87 Å². The molecule has 1 aliphatic rings. The summed E-state index contributed by atoms with van der Waals surface area (Å²) in [5.74, 6) is 0.354. The number of rotatable bonds is 6. The molecule has 29 heavy (non-hydrogen) atoms. The third-order valence-electron chi connectivity index (χ3n) is 5.80. The highest BCUT2D eigenvalue weighted by atomic mass is 32.2. The van der Waals surface area contributed by atoms with Crippen LogP contribution in [-0.2, 0) is 16.6 Å². The molecule has 0 aromatic heterocycles. The lowest BCUT2D eigenvalue weighted by molar-refractivity contribution is 0.155. The van der Waals surface area contributed by atoms with Crippen molar-refractivity contribution >= 4 is 20.8 Å². The van der Waals surface area contributed by atoms with Gasteiger partial charge in [-0.1, -0.05) is 60.7 Å². The van der Waals surface area contributed by atoms with E-state index in [0.717, 1.165) is 43.2 Å². The zero-order valence-electron chi connectivity index (χ0n) is 16.9. The van der Waals surface area contributed by atoms with Gasteiger partial charge in [0.15, 0.2) is 0 Å². The second kappa shape index (κ2) is 8.66. The normalized spacial score (nSPS) is 18.3. The van der Waals surface area contributed by atoms with Gasteiger partial charge in [0.05, 0.1) is 4.90 Å². The van der Waals surface area contributed by atoms with Crippen molar-refractivity contribution in [3.8, 4) is 0 Å². The second-order valence-corrected chi connectivity index (χ2v) is 10.1. The summed E-state index contributed by atoms with van der Waals surface area (Å²) < 4.78 is 27.8. The van der Waals surface area contributed by atoms with E-state index in [1.54, 1.807) is 19.2 Å². The Morgan fingerprint density at radius 2 is 1.69 bits per heavy atom. The average molecular weight is 409 g/mol. The van der Waals surface area contributed by atoms with Gasteiger partial charge in [0, 0.05) is 26.7 Å². The molecule has 0 N–H and O–H groups in total. The maximum atomic E-state index is 13.1. The molecule has 1 saturated heterocycles. The Morgan fingerprint density at radius 3 is 2.48 bits per heavy atom. The van der Waals surface area contributed by atoms with Crippen molar-refractivity contribution in [3.05, 3.63) is 78.4 Å². The van der Waals surface area contributed by atoms with Gasteiger partial charge >= 0.3 is 0 Å². The fourth-order valence-electron chi connectivity index (χ4n) is 4.26. The van der Waals surface area contributed by atoms with Gasteiger partial charge in [0.2, 0.25) is 10.0 Å². The van der Waals surface area contributed by atoms with Crippen molar-refractivity contribution in [1.29, 1.82) is 0 Å². The Labute approximate surface area is 173 Å². The van der Waals surface area contributed by atoms with Crippen molar-refractivity contribution in [2.24, 2.45) is 5.92 Å². The van der Waals surface area contributed by atoms with Gasteiger partial charge in [-0.05, 0) is 53.8 Å². The summed E-state index contributed by atoms with van der Waals surface area (Å²) in [6.45, 7) is 3.50. The van der Waals surface area contributed by atoms with Crippen LogP contribution in [0.3, 0.4) is 0 Å². The molecule has 0 amide bonds. The highest BCUT2D eigenvalue weighted by Crippen LogP contribution is 2.24. The minimum Gasteiger partial charge on any atom is -0.299 e. The number of piperidine rings is 1. The van der Waals surface area contributed by atoms with Gasteiger partial charge in [-0.15, -0.1) is 0 Å². The van der Waals surface area contributed by atoms with E-state index in [9.17, 15) is 8.42 Å². The topological polar surface area (TPSA) is 40.6 Å². The van der Waals surface area contributed by atoms with Gasteiger partial charge in [0.1, 0.15) is 0 Å². The lowest BCUT2D eigenvalue weighted by Crippen LogP contribution is -2.41. The Balaban J connectivity index is 1.43. The molecule has 0 radical (unpaired) electrons.